The molecule has 2 aromatic rings. The van der Waals surface area contributed by atoms with Crippen molar-refractivity contribution in [3.63, 3.8) is 0 Å². The highest BCUT2D eigenvalue weighted by molar-refractivity contribution is 5.75. The minimum atomic E-state index is -0.297. The SMILES string of the molecule is C=C(CO)CCOc1ccc(CCCCCCC)c(-c2cc(OCCOCO)cc(CCCCCCC)c2CCCCCCC)c1. The van der Waals surface area contributed by atoms with Gasteiger partial charge in [-0.25, -0.2) is 0 Å². The lowest BCUT2D eigenvalue weighted by molar-refractivity contribution is -0.0126. The van der Waals surface area contributed by atoms with Crippen LogP contribution in [0.1, 0.15) is 140 Å². The zero-order valence-corrected chi connectivity index (χ0v) is 29.7. The molecule has 0 amide bonds. The summed E-state index contributed by atoms with van der Waals surface area (Å²) in [6, 6.07) is 11.1. The molecule has 0 atom stereocenters. The largest absolute Gasteiger partial charge is 0.493 e. The van der Waals surface area contributed by atoms with E-state index in [2.05, 4.69) is 57.7 Å². The summed E-state index contributed by atoms with van der Waals surface area (Å²) in [5, 5.41) is 18.5. The van der Waals surface area contributed by atoms with E-state index in [1.165, 1.54) is 124 Å². The van der Waals surface area contributed by atoms with E-state index in [-0.39, 0.29) is 13.4 Å². The first-order chi connectivity index (χ1) is 22.6. The molecular weight excluding hydrogens is 572 g/mol. The molecule has 0 fully saturated rings. The minimum absolute atomic E-state index is 0.00937. The lowest BCUT2D eigenvalue weighted by Crippen LogP contribution is -2.09. The Labute approximate surface area is 281 Å². The lowest BCUT2D eigenvalue weighted by atomic mass is 9.86. The summed E-state index contributed by atoms with van der Waals surface area (Å²) in [6.45, 7) is 11.7. The molecule has 0 heterocycles. The third-order valence-corrected chi connectivity index (χ3v) is 8.85. The van der Waals surface area contributed by atoms with Crippen molar-refractivity contribution >= 4 is 0 Å². The topological polar surface area (TPSA) is 68.2 Å². The van der Waals surface area contributed by atoms with Crippen LogP contribution in [-0.2, 0) is 24.0 Å². The molecule has 0 aromatic heterocycles. The number of aliphatic hydroxyl groups excluding tert-OH is 2. The number of hydrogen-bond acceptors (Lipinski definition) is 5. The Morgan fingerprint density at radius 1 is 0.587 bits per heavy atom. The summed E-state index contributed by atoms with van der Waals surface area (Å²) in [7, 11) is 0. The monoisotopic (exact) mass is 638 g/mol. The molecule has 0 aliphatic heterocycles. The Morgan fingerprint density at radius 2 is 1.15 bits per heavy atom. The quantitative estimate of drug-likeness (QED) is 0.0527. The maximum atomic E-state index is 9.41. The van der Waals surface area contributed by atoms with Crippen LogP contribution in [0.15, 0.2) is 42.5 Å². The van der Waals surface area contributed by atoms with Crippen LogP contribution in [0, 0.1) is 0 Å². The molecule has 0 aliphatic carbocycles. The maximum absolute atomic E-state index is 9.41. The van der Waals surface area contributed by atoms with E-state index in [1.807, 2.05) is 0 Å². The molecule has 260 valence electrons. The number of rotatable bonds is 29. The van der Waals surface area contributed by atoms with Crippen molar-refractivity contribution in [3.8, 4) is 22.6 Å². The Morgan fingerprint density at radius 3 is 1.76 bits per heavy atom. The Bertz CT molecular complexity index is 1080. The first kappa shape index (κ1) is 39.8. The molecule has 0 radical (unpaired) electrons. The molecule has 5 heteroatoms. The van der Waals surface area contributed by atoms with Crippen LogP contribution in [-0.4, -0.2) is 43.4 Å². The van der Waals surface area contributed by atoms with Crippen LogP contribution in [0.4, 0.5) is 0 Å². The van der Waals surface area contributed by atoms with Gasteiger partial charge >= 0.3 is 0 Å². The second kappa shape index (κ2) is 25.7. The van der Waals surface area contributed by atoms with Crippen molar-refractivity contribution in [2.75, 3.05) is 33.2 Å². The number of hydrogen-bond donors (Lipinski definition) is 2. The predicted octanol–water partition coefficient (Wildman–Crippen LogP) is 10.6. The smallest absolute Gasteiger partial charge is 0.143 e. The maximum Gasteiger partial charge on any atom is 0.143 e. The average molecular weight is 639 g/mol. The highest BCUT2D eigenvalue weighted by Crippen LogP contribution is 2.38. The van der Waals surface area contributed by atoms with Gasteiger partial charge in [-0.2, -0.15) is 0 Å². The molecule has 46 heavy (non-hydrogen) atoms. The van der Waals surface area contributed by atoms with E-state index in [9.17, 15) is 5.11 Å². The Kier molecular flexibility index (Phi) is 22.3. The van der Waals surface area contributed by atoms with Gasteiger partial charge in [0, 0.05) is 6.42 Å². The molecule has 0 saturated carbocycles. The number of unbranched alkanes of at least 4 members (excludes halogenated alkanes) is 12. The molecule has 0 unspecified atom stereocenters. The third kappa shape index (κ3) is 16.0. The molecule has 2 aromatic carbocycles. The second-order valence-electron chi connectivity index (χ2n) is 12.8. The minimum Gasteiger partial charge on any atom is -0.493 e. The number of benzene rings is 2. The first-order valence-corrected chi connectivity index (χ1v) is 18.6. The number of aliphatic hydroxyl groups is 2. The van der Waals surface area contributed by atoms with Crippen LogP contribution >= 0.6 is 0 Å². The van der Waals surface area contributed by atoms with Gasteiger partial charge in [0.1, 0.15) is 24.9 Å². The van der Waals surface area contributed by atoms with E-state index < -0.39 is 0 Å². The zero-order chi connectivity index (χ0) is 33.2. The van der Waals surface area contributed by atoms with Crippen LogP contribution in [0.3, 0.4) is 0 Å². The van der Waals surface area contributed by atoms with Gasteiger partial charge in [-0.15, -0.1) is 0 Å². The van der Waals surface area contributed by atoms with Gasteiger partial charge in [0.15, 0.2) is 0 Å². The highest BCUT2D eigenvalue weighted by atomic mass is 16.6. The van der Waals surface area contributed by atoms with Gasteiger partial charge in [-0.1, -0.05) is 110 Å². The number of aryl methyl sites for hydroxylation is 2. The van der Waals surface area contributed by atoms with Crippen molar-refractivity contribution in [2.45, 2.75) is 143 Å². The van der Waals surface area contributed by atoms with E-state index in [1.54, 1.807) is 0 Å². The van der Waals surface area contributed by atoms with Gasteiger partial charge in [0.2, 0.25) is 0 Å². The predicted molar refractivity (Wildman–Crippen MR) is 194 cm³/mol. The van der Waals surface area contributed by atoms with Crippen molar-refractivity contribution < 1.29 is 24.4 Å². The van der Waals surface area contributed by atoms with E-state index in [0.717, 1.165) is 36.3 Å². The molecular formula is C41H66O5. The van der Waals surface area contributed by atoms with Crippen LogP contribution < -0.4 is 9.47 Å². The van der Waals surface area contributed by atoms with Crippen molar-refractivity contribution in [2.24, 2.45) is 0 Å². The molecule has 5 nitrogen and oxygen atoms in total. The summed E-state index contributed by atoms with van der Waals surface area (Å²) >= 11 is 0. The van der Waals surface area contributed by atoms with Crippen LogP contribution in [0.25, 0.3) is 11.1 Å². The summed E-state index contributed by atoms with van der Waals surface area (Å²) in [4.78, 5) is 0. The molecule has 0 spiro atoms. The van der Waals surface area contributed by atoms with Gasteiger partial charge in [-0.3, -0.25) is 0 Å². The Balaban J connectivity index is 2.56. The van der Waals surface area contributed by atoms with Crippen LogP contribution in [0.5, 0.6) is 11.5 Å². The summed E-state index contributed by atoms with van der Waals surface area (Å²) in [5.41, 5.74) is 7.54. The lowest BCUT2D eigenvalue weighted by Gasteiger charge is -2.21. The first-order valence-electron chi connectivity index (χ1n) is 18.6. The highest BCUT2D eigenvalue weighted by Gasteiger charge is 2.17. The summed E-state index contributed by atoms with van der Waals surface area (Å²) in [5.74, 6) is 1.72. The fourth-order valence-corrected chi connectivity index (χ4v) is 6.08. The Hall–Kier alpha value is -2.34. The molecule has 0 aliphatic rings. The van der Waals surface area contributed by atoms with Gasteiger partial charge < -0.3 is 24.4 Å². The van der Waals surface area contributed by atoms with Crippen molar-refractivity contribution in [1.29, 1.82) is 0 Å². The second-order valence-corrected chi connectivity index (χ2v) is 12.8. The third-order valence-electron chi connectivity index (χ3n) is 8.85. The van der Waals surface area contributed by atoms with E-state index in [4.69, 9.17) is 19.3 Å². The summed E-state index contributed by atoms with van der Waals surface area (Å²) < 4.78 is 17.7. The molecule has 0 saturated heterocycles. The molecule has 2 N–H and O–H groups in total. The van der Waals surface area contributed by atoms with Gasteiger partial charge in [0.25, 0.3) is 0 Å². The average Bonchev–Trinajstić information content (AvgIpc) is 3.07. The fourth-order valence-electron chi connectivity index (χ4n) is 6.08. The fraction of sp³-hybridized carbons (Fsp3) is 0.659. The van der Waals surface area contributed by atoms with Crippen LogP contribution in [0.2, 0.25) is 0 Å². The summed E-state index contributed by atoms with van der Waals surface area (Å²) in [6.07, 6.45) is 22.6. The van der Waals surface area contributed by atoms with Gasteiger partial charge in [0.05, 0.1) is 19.8 Å². The number of ether oxygens (including phenoxy) is 3. The van der Waals surface area contributed by atoms with Gasteiger partial charge in [-0.05, 0) is 96.2 Å². The molecule has 2 rings (SSSR count). The van der Waals surface area contributed by atoms with E-state index in [0.29, 0.717) is 26.2 Å². The van der Waals surface area contributed by atoms with Crippen molar-refractivity contribution in [1.82, 2.24) is 0 Å². The zero-order valence-electron chi connectivity index (χ0n) is 29.7. The van der Waals surface area contributed by atoms with Crippen molar-refractivity contribution in [3.05, 3.63) is 59.2 Å². The standard InChI is InChI=1S/C41H66O5/c1-5-8-11-14-17-20-35-23-24-37(45-26-25-34(4)32-42)30-40(35)41-31-38(46-28-27-44-33-43)29-36(21-18-15-12-9-6-2)39(41)22-19-16-13-10-7-3/h23-24,29-31,42-43H,4-22,25-28,32-33H2,1-3H3. The molecule has 0 bridgehead atoms. The van der Waals surface area contributed by atoms with E-state index >= 15 is 0 Å². The normalized spacial score (nSPS) is 11.2.